The molecular weight excluding hydrogens is 411 g/mol. The number of hydrazine groups is 1. The third kappa shape index (κ3) is 4.70. The second-order valence-corrected chi connectivity index (χ2v) is 7.15. The van der Waals surface area contributed by atoms with Gasteiger partial charge in [-0.25, -0.2) is 9.07 Å². The SMILES string of the molecule is O=C(Cc1cccc(F)c1)NNC(=O)c1nn(Cc2ccccc2)c(=O)c2ccccc12. The Morgan fingerprint density at radius 2 is 1.53 bits per heavy atom. The highest BCUT2D eigenvalue weighted by Gasteiger charge is 2.17. The van der Waals surface area contributed by atoms with Crippen molar-refractivity contribution in [2.24, 2.45) is 0 Å². The number of rotatable bonds is 5. The van der Waals surface area contributed by atoms with E-state index in [1.54, 1.807) is 30.3 Å². The third-order valence-electron chi connectivity index (χ3n) is 4.83. The third-order valence-corrected chi connectivity index (χ3v) is 4.83. The molecule has 0 aliphatic rings. The molecule has 0 spiro atoms. The number of aromatic nitrogens is 2. The molecule has 0 saturated carbocycles. The largest absolute Gasteiger partial charge is 0.290 e. The summed E-state index contributed by atoms with van der Waals surface area (Å²) < 4.78 is 14.5. The lowest BCUT2D eigenvalue weighted by Crippen LogP contribution is -2.43. The molecule has 0 aliphatic heterocycles. The van der Waals surface area contributed by atoms with Crippen molar-refractivity contribution < 1.29 is 14.0 Å². The summed E-state index contributed by atoms with van der Waals surface area (Å²) in [6.45, 7) is 0.191. The molecule has 0 fully saturated rings. The van der Waals surface area contributed by atoms with E-state index in [9.17, 15) is 18.8 Å². The van der Waals surface area contributed by atoms with Crippen LogP contribution in [0, 0.1) is 5.82 Å². The minimum Gasteiger partial charge on any atom is -0.273 e. The first-order valence-corrected chi connectivity index (χ1v) is 9.88. The van der Waals surface area contributed by atoms with Crippen molar-refractivity contribution in [1.29, 1.82) is 0 Å². The van der Waals surface area contributed by atoms with E-state index in [-0.39, 0.29) is 24.2 Å². The molecule has 7 nitrogen and oxygen atoms in total. The van der Waals surface area contributed by atoms with Crippen LogP contribution in [0.4, 0.5) is 4.39 Å². The Hall–Kier alpha value is -4.33. The predicted molar refractivity (Wildman–Crippen MR) is 117 cm³/mol. The zero-order valence-electron chi connectivity index (χ0n) is 16.9. The van der Waals surface area contributed by atoms with Gasteiger partial charge in [-0.15, -0.1) is 0 Å². The number of hydrogen-bond donors (Lipinski definition) is 2. The average Bonchev–Trinajstić information content (AvgIpc) is 2.80. The molecule has 8 heteroatoms. The summed E-state index contributed by atoms with van der Waals surface area (Å²) in [5, 5.41) is 4.98. The quantitative estimate of drug-likeness (QED) is 0.476. The molecule has 0 unspecified atom stereocenters. The van der Waals surface area contributed by atoms with Gasteiger partial charge in [0.15, 0.2) is 5.69 Å². The maximum absolute atomic E-state index is 13.3. The molecular formula is C24H19FN4O3. The summed E-state index contributed by atoms with van der Waals surface area (Å²) in [4.78, 5) is 37.9. The summed E-state index contributed by atoms with van der Waals surface area (Å²) in [6, 6.07) is 21.6. The summed E-state index contributed by atoms with van der Waals surface area (Å²) in [6.07, 6.45) is -0.111. The Kier molecular flexibility index (Phi) is 6.03. The van der Waals surface area contributed by atoms with Gasteiger partial charge in [0.05, 0.1) is 18.4 Å². The van der Waals surface area contributed by atoms with Crippen molar-refractivity contribution >= 4 is 22.6 Å². The van der Waals surface area contributed by atoms with Gasteiger partial charge >= 0.3 is 0 Å². The number of hydrogen-bond acceptors (Lipinski definition) is 4. The van der Waals surface area contributed by atoms with Crippen LogP contribution in [0.25, 0.3) is 10.8 Å². The molecule has 2 amide bonds. The van der Waals surface area contributed by atoms with E-state index >= 15 is 0 Å². The predicted octanol–water partition coefficient (Wildman–Crippen LogP) is 2.59. The van der Waals surface area contributed by atoms with E-state index in [0.717, 1.165) is 5.56 Å². The molecule has 4 aromatic rings. The maximum atomic E-state index is 13.3. The van der Waals surface area contributed by atoms with Gasteiger partial charge in [-0.05, 0) is 29.3 Å². The molecule has 2 N–H and O–H groups in total. The van der Waals surface area contributed by atoms with E-state index in [1.807, 2.05) is 30.3 Å². The van der Waals surface area contributed by atoms with Crippen LogP contribution in [-0.4, -0.2) is 21.6 Å². The Labute approximate surface area is 182 Å². The van der Waals surface area contributed by atoms with Crippen molar-refractivity contribution in [2.45, 2.75) is 13.0 Å². The van der Waals surface area contributed by atoms with Gasteiger partial charge in [0.25, 0.3) is 11.5 Å². The first-order chi connectivity index (χ1) is 15.5. The molecule has 0 atom stereocenters. The molecule has 0 radical (unpaired) electrons. The fourth-order valence-corrected chi connectivity index (χ4v) is 3.33. The number of halogens is 1. The van der Waals surface area contributed by atoms with Crippen LogP contribution >= 0.6 is 0 Å². The van der Waals surface area contributed by atoms with Crippen LogP contribution in [0.5, 0.6) is 0 Å². The van der Waals surface area contributed by atoms with Crippen molar-refractivity contribution in [1.82, 2.24) is 20.6 Å². The van der Waals surface area contributed by atoms with Crippen LogP contribution in [0.2, 0.25) is 0 Å². The normalized spacial score (nSPS) is 10.7. The molecule has 0 saturated heterocycles. The van der Waals surface area contributed by atoms with E-state index < -0.39 is 17.6 Å². The number of fused-ring (bicyclic) bond motifs is 1. The van der Waals surface area contributed by atoms with E-state index in [0.29, 0.717) is 16.3 Å². The van der Waals surface area contributed by atoms with Crippen LogP contribution < -0.4 is 16.4 Å². The van der Waals surface area contributed by atoms with Crippen molar-refractivity contribution in [3.05, 3.63) is 112 Å². The highest BCUT2D eigenvalue weighted by atomic mass is 19.1. The summed E-state index contributed by atoms with van der Waals surface area (Å²) >= 11 is 0. The van der Waals surface area contributed by atoms with Crippen LogP contribution in [0.1, 0.15) is 21.6 Å². The summed E-state index contributed by atoms with van der Waals surface area (Å²) in [5.74, 6) is -1.64. The number of carbonyl (C=O) groups is 2. The Morgan fingerprint density at radius 3 is 2.28 bits per heavy atom. The van der Waals surface area contributed by atoms with E-state index in [2.05, 4.69) is 16.0 Å². The number of carbonyl (C=O) groups excluding carboxylic acids is 2. The molecule has 3 aromatic carbocycles. The fraction of sp³-hybridized carbons (Fsp3) is 0.0833. The number of nitrogens with zero attached hydrogens (tertiary/aromatic N) is 2. The number of amides is 2. The summed E-state index contributed by atoms with van der Waals surface area (Å²) in [5.41, 5.74) is 5.64. The lowest BCUT2D eigenvalue weighted by atomic mass is 10.1. The Balaban J connectivity index is 1.57. The van der Waals surface area contributed by atoms with Crippen LogP contribution in [0.15, 0.2) is 83.7 Å². The van der Waals surface area contributed by atoms with Crippen LogP contribution in [-0.2, 0) is 17.8 Å². The highest BCUT2D eigenvalue weighted by molar-refractivity contribution is 6.05. The minimum atomic E-state index is -0.671. The molecule has 0 bridgehead atoms. The van der Waals surface area contributed by atoms with Gasteiger partial charge < -0.3 is 0 Å². The number of nitrogens with one attached hydrogen (secondary N) is 2. The zero-order chi connectivity index (χ0) is 22.5. The Morgan fingerprint density at radius 1 is 0.844 bits per heavy atom. The van der Waals surface area contributed by atoms with E-state index in [4.69, 9.17) is 0 Å². The van der Waals surface area contributed by atoms with Gasteiger partial charge in [-0.2, -0.15) is 5.10 Å². The van der Waals surface area contributed by atoms with Gasteiger partial charge in [0, 0.05) is 5.39 Å². The first-order valence-electron chi connectivity index (χ1n) is 9.88. The molecule has 4 rings (SSSR count). The summed E-state index contributed by atoms with van der Waals surface area (Å²) in [7, 11) is 0. The molecule has 0 aliphatic carbocycles. The van der Waals surface area contributed by atoms with Crippen molar-refractivity contribution in [3.63, 3.8) is 0 Å². The van der Waals surface area contributed by atoms with Crippen LogP contribution in [0.3, 0.4) is 0 Å². The van der Waals surface area contributed by atoms with Gasteiger partial charge in [0.1, 0.15) is 5.82 Å². The standard InChI is InChI=1S/C24H19FN4O3/c25-18-10-6-9-17(13-18)14-21(30)26-27-23(31)22-19-11-4-5-12-20(19)24(32)29(28-22)15-16-7-2-1-3-8-16/h1-13H,14-15H2,(H,26,30)(H,27,31). The van der Waals surface area contributed by atoms with Crippen molar-refractivity contribution in [3.8, 4) is 0 Å². The lowest BCUT2D eigenvalue weighted by Gasteiger charge is -2.12. The molecule has 1 heterocycles. The van der Waals surface area contributed by atoms with Gasteiger partial charge in [-0.1, -0.05) is 60.7 Å². The second kappa shape index (κ2) is 9.22. The lowest BCUT2D eigenvalue weighted by molar-refractivity contribution is -0.121. The molecule has 160 valence electrons. The first kappa shape index (κ1) is 20.9. The Bertz CT molecular complexity index is 1350. The highest BCUT2D eigenvalue weighted by Crippen LogP contribution is 2.14. The topological polar surface area (TPSA) is 93.1 Å². The smallest absolute Gasteiger partial charge is 0.273 e. The van der Waals surface area contributed by atoms with E-state index in [1.165, 1.54) is 22.9 Å². The zero-order valence-corrected chi connectivity index (χ0v) is 16.9. The second-order valence-electron chi connectivity index (χ2n) is 7.15. The molecule has 32 heavy (non-hydrogen) atoms. The minimum absolute atomic E-state index is 0.00202. The van der Waals surface area contributed by atoms with Gasteiger partial charge in [-0.3, -0.25) is 25.2 Å². The average molecular weight is 430 g/mol. The fourth-order valence-electron chi connectivity index (χ4n) is 3.33. The number of benzene rings is 3. The van der Waals surface area contributed by atoms with Crippen molar-refractivity contribution in [2.75, 3.05) is 0 Å². The van der Waals surface area contributed by atoms with Gasteiger partial charge in [0.2, 0.25) is 5.91 Å². The maximum Gasteiger partial charge on any atom is 0.290 e. The monoisotopic (exact) mass is 430 g/mol. The molecule has 1 aromatic heterocycles.